The monoisotopic (exact) mass is 364 g/mol. The predicted molar refractivity (Wildman–Crippen MR) is 103 cm³/mol. The zero-order valence-electron chi connectivity index (χ0n) is 15.1. The molecule has 2 aromatic heterocycles. The summed E-state index contributed by atoms with van der Waals surface area (Å²) in [6.45, 7) is 0.329. The van der Waals surface area contributed by atoms with Gasteiger partial charge < -0.3 is 20.1 Å². The van der Waals surface area contributed by atoms with E-state index in [0.717, 1.165) is 16.8 Å². The first-order valence-corrected chi connectivity index (χ1v) is 8.32. The van der Waals surface area contributed by atoms with E-state index < -0.39 is 0 Å². The fraction of sp³-hybridized carbons (Fsp3) is 0.150. The Balaban J connectivity index is 1.69. The Bertz CT molecular complexity index is 916. The number of methoxy groups -OCH3 is 2. The zero-order valence-corrected chi connectivity index (χ0v) is 15.1. The molecular formula is C20H20N4O3. The minimum atomic E-state index is -0.344. The molecule has 0 saturated carbocycles. The van der Waals surface area contributed by atoms with Crippen LogP contribution in [0.1, 0.15) is 5.56 Å². The number of pyridine rings is 2. The molecule has 1 aromatic carbocycles. The molecule has 0 aliphatic rings. The van der Waals surface area contributed by atoms with Gasteiger partial charge in [-0.2, -0.15) is 0 Å². The lowest BCUT2D eigenvalue weighted by atomic mass is 10.1. The van der Waals surface area contributed by atoms with Crippen LogP contribution in [0, 0.1) is 0 Å². The molecule has 0 aliphatic carbocycles. The van der Waals surface area contributed by atoms with E-state index in [-0.39, 0.29) is 6.03 Å². The van der Waals surface area contributed by atoms with Crippen LogP contribution in [0.3, 0.4) is 0 Å². The molecular weight excluding hydrogens is 344 g/mol. The standard InChI is InChI=1S/C20H20N4O3/c1-26-16-5-6-17(18(12-16)27-2)24-20(25)23-13-15-4-3-9-22-19(15)14-7-10-21-11-8-14/h3-12H,13H2,1-2H3,(H2,23,24,25). The Kier molecular flexibility index (Phi) is 5.84. The summed E-state index contributed by atoms with van der Waals surface area (Å²) in [6.07, 6.45) is 5.15. The van der Waals surface area contributed by atoms with Gasteiger partial charge in [0.15, 0.2) is 0 Å². The molecule has 0 radical (unpaired) electrons. The Labute approximate surface area is 157 Å². The van der Waals surface area contributed by atoms with Gasteiger partial charge in [0.1, 0.15) is 11.5 Å². The molecule has 2 amide bonds. The molecule has 0 unspecified atom stereocenters. The summed E-state index contributed by atoms with van der Waals surface area (Å²) in [7, 11) is 3.11. The van der Waals surface area contributed by atoms with E-state index >= 15 is 0 Å². The normalized spacial score (nSPS) is 10.1. The van der Waals surface area contributed by atoms with Gasteiger partial charge in [-0.1, -0.05) is 6.07 Å². The maximum atomic E-state index is 12.3. The lowest BCUT2D eigenvalue weighted by Crippen LogP contribution is -2.28. The van der Waals surface area contributed by atoms with Crippen molar-refractivity contribution in [2.75, 3.05) is 19.5 Å². The van der Waals surface area contributed by atoms with Crippen LogP contribution in [-0.2, 0) is 6.54 Å². The molecule has 138 valence electrons. The van der Waals surface area contributed by atoms with E-state index in [1.54, 1.807) is 43.9 Å². The number of nitrogens with zero attached hydrogens (tertiary/aromatic N) is 2. The lowest BCUT2D eigenvalue weighted by molar-refractivity contribution is 0.251. The van der Waals surface area contributed by atoms with Gasteiger partial charge in [-0.05, 0) is 35.9 Å². The van der Waals surface area contributed by atoms with Gasteiger partial charge in [0.05, 0.1) is 25.6 Å². The van der Waals surface area contributed by atoms with Gasteiger partial charge in [-0.15, -0.1) is 0 Å². The SMILES string of the molecule is COc1ccc(NC(=O)NCc2cccnc2-c2ccncc2)c(OC)c1. The van der Waals surface area contributed by atoms with Gasteiger partial charge >= 0.3 is 6.03 Å². The number of rotatable bonds is 6. The van der Waals surface area contributed by atoms with E-state index in [0.29, 0.717) is 23.7 Å². The van der Waals surface area contributed by atoms with Gasteiger partial charge in [-0.25, -0.2) is 4.79 Å². The van der Waals surface area contributed by atoms with Crippen LogP contribution in [0.5, 0.6) is 11.5 Å². The highest BCUT2D eigenvalue weighted by molar-refractivity contribution is 5.91. The van der Waals surface area contributed by atoms with Crippen LogP contribution in [-0.4, -0.2) is 30.2 Å². The molecule has 0 bridgehead atoms. The van der Waals surface area contributed by atoms with Crippen molar-refractivity contribution in [3.8, 4) is 22.8 Å². The van der Waals surface area contributed by atoms with Gasteiger partial charge in [-0.3, -0.25) is 9.97 Å². The number of benzene rings is 1. The number of nitrogens with one attached hydrogen (secondary N) is 2. The highest BCUT2D eigenvalue weighted by Crippen LogP contribution is 2.29. The molecule has 0 spiro atoms. The molecule has 0 atom stereocenters. The average Bonchev–Trinajstić information content (AvgIpc) is 2.73. The highest BCUT2D eigenvalue weighted by atomic mass is 16.5. The lowest BCUT2D eigenvalue weighted by Gasteiger charge is -2.13. The van der Waals surface area contributed by atoms with Crippen LogP contribution in [0.15, 0.2) is 61.1 Å². The summed E-state index contributed by atoms with van der Waals surface area (Å²) in [5.74, 6) is 1.17. The number of carbonyl (C=O) groups is 1. The van der Waals surface area contributed by atoms with Crippen molar-refractivity contribution in [2.45, 2.75) is 6.54 Å². The molecule has 7 heteroatoms. The van der Waals surface area contributed by atoms with Crippen molar-refractivity contribution < 1.29 is 14.3 Å². The fourth-order valence-electron chi connectivity index (χ4n) is 2.59. The first-order chi connectivity index (χ1) is 13.2. The summed E-state index contributed by atoms with van der Waals surface area (Å²) in [5.41, 5.74) is 3.21. The Hall–Kier alpha value is -3.61. The second kappa shape index (κ2) is 8.66. The van der Waals surface area contributed by atoms with Crippen molar-refractivity contribution in [3.63, 3.8) is 0 Å². The number of ether oxygens (including phenoxy) is 2. The van der Waals surface area contributed by atoms with Crippen LogP contribution >= 0.6 is 0 Å². The minimum absolute atomic E-state index is 0.329. The summed E-state index contributed by atoms with van der Waals surface area (Å²) in [5, 5.41) is 5.63. The second-order valence-corrected chi connectivity index (χ2v) is 5.62. The van der Waals surface area contributed by atoms with E-state index in [1.165, 1.54) is 7.11 Å². The molecule has 2 heterocycles. The summed E-state index contributed by atoms with van der Waals surface area (Å²) < 4.78 is 10.4. The van der Waals surface area contributed by atoms with Gasteiger partial charge in [0, 0.05) is 36.8 Å². The number of hydrogen-bond acceptors (Lipinski definition) is 5. The Morgan fingerprint density at radius 2 is 1.85 bits per heavy atom. The number of aromatic nitrogens is 2. The molecule has 2 N–H and O–H groups in total. The van der Waals surface area contributed by atoms with E-state index in [4.69, 9.17) is 9.47 Å². The Morgan fingerprint density at radius 1 is 1.04 bits per heavy atom. The smallest absolute Gasteiger partial charge is 0.319 e. The quantitative estimate of drug-likeness (QED) is 0.699. The predicted octanol–water partition coefficient (Wildman–Crippen LogP) is 3.48. The van der Waals surface area contributed by atoms with Crippen molar-refractivity contribution in [1.82, 2.24) is 15.3 Å². The number of hydrogen-bond donors (Lipinski definition) is 2. The number of amides is 2. The Morgan fingerprint density at radius 3 is 2.59 bits per heavy atom. The van der Waals surface area contributed by atoms with E-state index in [1.807, 2.05) is 24.3 Å². The summed E-state index contributed by atoms with van der Waals surface area (Å²) >= 11 is 0. The van der Waals surface area contributed by atoms with Crippen molar-refractivity contribution >= 4 is 11.7 Å². The number of carbonyl (C=O) groups excluding carboxylic acids is 1. The maximum absolute atomic E-state index is 12.3. The van der Waals surface area contributed by atoms with Crippen LogP contribution in [0.2, 0.25) is 0 Å². The maximum Gasteiger partial charge on any atom is 0.319 e. The first-order valence-electron chi connectivity index (χ1n) is 8.32. The molecule has 27 heavy (non-hydrogen) atoms. The third kappa shape index (κ3) is 4.52. The van der Waals surface area contributed by atoms with E-state index in [2.05, 4.69) is 20.6 Å². The van der Waals surface area contributed by atoms with Crippen molar-refractivity contribution in [2.24, 2.45) is 0 Å². The molecule has 0 fully saturated rings. The number of urea groups is 1. The number of anilines is 1. The van der Waals surface area contributed by atoms with Crippen molar-refractivity contribution in [3.05, 3.63) is 66.6 Å². The second-order valence-electron chi connectivity index (χ2n) is 5.62. The van der Waals surface area contributed by atoms with Gasteiger partial charge in [0.2, 0.25) is 0 Å². The minimum Gasteiger partial charge on any atom is -0.497 e. The topological polar surface area (TPSA) is 85.4 Å². The third-order valence-electron chi connectivity index (χ3n) is 3.94. The third-order valence-corrected chi connectivity index (χ3v) is 3.94. The zero-order chi connectivity index (χ0) is 19.1. The molecule has 0 saturated heterocycles. The van der Waals surface area contributed by atoms with Crippen molar-refractivity contribution in [1.29, 1.82) is 0 Å². The average molecular weight is 364 g/mol. The highest BCUT2D eigenvalue weighted by Gasteiger charge is 2.11. The van der Waals surface area contributed by atoms with E-state index in [9.17, 15) is 4.79 Å². The molecule has 0 aliphatic heterocycles. The molecule has 3 aromatic rings. The molecule has 3 rings (SSSR count). The summed E-state index contributed by atoms with van der Waals surface area (Å²) in [6, 6.07) is 12.4. The fourth-order valence-corrected chi connectivity index (χ4v) is 2.59. The molecule has 7 nitrogen and oxygen atoms in total. The largest absolute Gasteiger partial charge is 0.497 e. The van der Waals surface area contributed by atoms with Crippen LogP contribution in [0.25, 0.3) is 11.3 Å². The van der Waals surface area contributed by atoms with Gasteiger partial charge in [0.25, 0.3) is 0 Å². The van der Waals surface area contributed by atoms with Crippen LogP contribution < -0.4 is 20.1 Å². The first kappa shape index (κ1) is 18.2. The van der Waals surface area contributed by atoms with Crippen LogP contribution in [0.4, 0.5) is 10.5 Å². The summed E-state index contributed by atoms with van der Waals surface area (Å²) in [4.78, 5) is 20.8.